The highest BCUT2D eigenvalue weighted by atomic mass is 19.1. The quantitative estimate of drug-likeness (QED) is 0.724. The highest BCUT2D eigenvalue weighted by molar-refractivity contribution is 5.64. The minimum absolute atomic E-state index is 0.0129. The summed E-state index contributed by atoms with van der Waals surface area (Å²) in [4.78, 5) is 4.16. The summed E-state index contributed by atoms with van der Waals surface area (Å²) in [7, 11) is 0. The summed E-state index contributed by atoms with van der Waals surface area (Å²) in [5, 5.41) is 23.0. The lowest BCUT2D eigenvalue weighted by Crippen LogP contribution is -1.91. The van der Waals surface area contributed by atoms with E-state index in [9.17, 15) is 14.6 Å². The van der Waals surface area contributed by atoms with E-state index in [1.165, 1.54) is 30.3 Å². The first-order valence-electron chi connectivity index (χ1n) is 6.21. The van der Waals surface area contributed by atoms with Crippen LogP contribution in [0.2, 0.25) is 0 Å². The molecule has 2 N–H and O–H groups in total. The third-order valence-electron chi connectivity index (χ3n) is 2.95. The van der Waals surface area contributed by atoms with Gasteiger partial charge in [-0.25, -0.2) is 4.39 Å². The summed E-state index contributed by atoms with van der Waals surface area (Å²) in [5.41, 5.74) is 1.09. The van der Waals surface area contributed by atoms with Crippen LogP contribution in [0.15, 0.2) is 47.0 Å². The van der Waals surface area contributed by atoms with Gasteiger partial charge in [-0.2, -0.15) is 4.98 Å². The van der Waals surface area contributed by atoms with E-state index in [1.807, 2.05) is 0 Å². The van der Waals surface area contributed by atoms with Crippen molar-refractivity contribution in [1.29, 1.82) is 0 Å². The zero-order valence-electron chi connectivity index (χ0n) is 10.8. The van der Waals surface area contributed by atoms with Crippen LogP contribution < -0.4 is 0 Å². The van der Waals surface area contributed by atoms with Gasteiger partial charge in [0, 0.05) is 6.42 Å². The second kappa shape index (κ2) is 5.24. The van der Waals surface area contributed by atoms with Gasteiger partial charge in [0.15, 0.2) is 5.82 Å². The maximum Gasteiger partial charge on any atom is 0.261 e. The third-order valence-corrected chi connectivity index (χ3v) is 2.95. The van der Waals surface area contributed by atoms with Crippen LogP contribution in [-0.4, -0.2) is 20.4 Å². The molecule has 0 aliphatic heterocycles. The van der Waals surface area contributed by atoms with E-state index in [-0.39, 0.29) is 28.8 Å². The molecule has 0 fully saturated rings. The first kappa shape index (κ1) is 13.1. The molecule has 0 aliphatic rings. The van der Waals surface area contributed by atoms with E-state index in [4.69, 9.17) is 4.52 Å². The summed E-state index contributed by atoms with van der Waals surface area (Å²) in [6, 6.07) is 10.0. The molecule has 0 aliphatic carbocycles. The van der Waals surface area contributed by atoms with Crippen LogP contribution in [0.4, 0.5) is 4.39 Å². The summed E-state index contributed by atoms with van der Waals surface area (Å²) in [6.45, 7) is 0. The minimum atomic E-state index is -0.308. The van der Waals surface area contributed by atoms with Gasteiger partial charge in [-0.1, -0.05) is 17.3 Å². The van der Waals surface area contributed by atoms with Crippen LogP contribution in [0, 0.1) is 5.82 Å². The summed E-state index contributed by atoms with van der Waals surface area (Å²) >= 11 is 0. The van der Waals surface area contributed by atoms with E-state index in [1.54, 1.807) is 12.1 Å². The zero-order chi connectivity index (χ0) is 14.8. The standard InChI is InChI=1S/C15H11FN2O3/c16-10-3-1-9(2-4-10)7-14-17-15(21-18-14)12-8-11(19)5-6-13(12)20/h1-6,8,19-20H,7H2. The molecular weight excluding hydrogens is 275 g/mol. The molecule has 3 rings (SSSR count). The van der Waals surface area contributed by atoms with Gasteiger partial charge in [0.25, 0.3) is 5.89 Å². The normalized spacial score (nSPS) is 10.7. The molecule has 0 atom stereocenters. The van der Waals surface area contributed by atoms with Crippen molar-refractivity contribution in [3.8, 4) is 23.0 Å². The second-order valence-corrected chi connectivity index (χ2v) is 4.52. The Kier molecular flexibility index (Phi) is 3.27. The van der Waals surface area contributed by atoms with Crippen molar-refractivity contribution >= 4 is 0 Å². The summed E-state index contributed by atoms with van der Waals surface area (Å²) in [5.74, 6) is 0.128. The molecule has 6 heteroatoms. The number of aromatic nitrogens is 2. The van der Waals surface area contributed by atoms with Crippen LogP contribution in [0.25, 0.3) is 11.5 Å². The Morgan fingerprint density at radius 3 is 2.57 bits per heavy atom. The predicted octanol–water partition coefficient (Wildman–Crippen LogP) is 2.88. The van der Waals surface area contributed by atoms with Crippen molar-refractivity contribution in [2.24, 2.45) is 0 Å². The van der Waals surface area contributed by atoms with Gasteiger partial charge >= 0.3 is 0 Å². The Bertz CT molecular complexity index is 769. The summed E-state index contributed by atoms with van der Waals surface area (Å²) < 4.78 is 17.9. The summed E-state index contributed by atoms with van der Waals surface area (Å²) in [6.07, 6.45) is 0.378. The Morgan fingerprint density at radius 2 is 1.81 bits per heavy atom. The molecule has 0 bridgehead atoms. The van der Waals surface area contributed by atoms with E-state index in [2.05, 4.69) is 10.1 Å². The molecular formula is C15H11FN2O3. The van der Waals surface area contributed by atoms with Crippen molar-refractivity contribution in [3.63, 3.8) is 0 Å². The number of halogens is 1. The van der Waals surface area contributed by atoms with E-state index in [0.29, 0.717) is 12.2 Å². The Labute approximate surface area is 119 Å². The lowest BCUT2D eigenvalue weighted by molar-refractivity contribution is 0.417. The molecule has 2 aromatic carbocycles. The maximum absolute atomic E-state index is 12.8. The number of hydrogen-bond acceptors (Lipinski definition) is 5. The van der Waals surface area contributed by atoms with E-state index >= 15 is 0 Å². The molecule has 0 amide bonds. The molecule has 1 aromatic heterocycles. The fourth-order valence-electron chi connectivity index (χ4n) is 1.92. The number of hydrogen-bond donors (Lipinski definition) is 2. The third kappa shape index (κ3) is 2.84. The maximum atomic E-state index is 12.8. The number of rotatable bonds is 3. The first-order chi connectivity index (χ1) is 10.1. The van der Waals surface area contributed by atoms with Crippen LogP contribution in [0.1, 0.15) is 11.4 Å². The van der Waals surface area contributed by atoms with E-state index in [0.717, 1.165) is 5.56 Å². The number of aromatic hydroxyl groups is 2. The van der Waals surface area contributed by atoms with E-state index < -0.39 is 0 Å². The molecule has 106 valence electrons. The van der Waals surface area contributed by atoms with Crippen LogP contribution in [0.3, 0.4) is 0 Å². The lowest BCUT2D eigenvalue weighted by Gasteiger charge is -1.99. The molecule has 0 saturated carbocycles. The smallest absolute Gasteiger partial charge is 0.261 e. The van der Waals surface area contributed by atoms with Gasteiger partial charge in [0.05, 0.1) is 5.56 Å². The molecule has 3 aromatic rings. The number of phenolic OH excluding ortho intramolecular Hbond substituents is 2. The fraction of sp³-hybridized carbons (Fsp3) is 0.0667. The average molecular weight is 286 g/mol. The highest BCUT2D eigenvalue weighted by Crippen LogP contribution is 2.31. The van der Waals surface area contributed by atoms with Crippen molar-refractivity contribution < 1.29 is 19.1 Å². The van der Waals surface area contributed by atoms with Crippen LogP contribution >= 0.6 is 0 Å². The van der Waals surface area contributed by atoms with Gasteiger partial charge in [0.1, 0.15) is 17.3 Å². The second-order valence-electron chi connectivity index (χ2n) is 4.52. The molecule has 0 radical (unpaired) electrons. The monoisotopic (exact) mass is 286 g/mol. The van der Waals surface area contributed by atoms with Gasteiger partial charge in [-0.05, 0) is 35.9 Å². The molecule has 5 nitrogen and oxygen atoms in total. The Morgan fingerprint density at radius 1 is 1.05 bits per heavy atom. The van der Waals surface area contributed by atoms with Crippen molar-refractivity contribution in [1.82, 2.24) is 10.1 Å². The molecule has 1 heterocycles. The van der Waals surface area contributed by atoms with Crippen LogP contribution in [-0.2, 0) is 6.42 Å². The molecule has 21 heavy (non-hydrogen) atoms. The zero-order valence-corrected chi connectivity index (χ0v) is 10.8. The van der Waals surface area contributed by atoms with Gasteiger partial charge in [0.2, 0.25) is 0 Å². The predicted molar refractivity (Wildman–Crippen MR) is 72.3 cm³/mol. The SMILES string of the molecule is Oc1ccc(O)c(-c2nc(Cc3ccc(F)cc3)no2)c1. The number of phenols is 2. The molecule has 0 unspecified atom stereocenters. The molecule has 0 saturated heterocycles. The van der Waals surface area contributed by atoms with Gasteiger partial charge < -0.3 is 14.7 Å². The van der Waals surface area contributed by atoms with Crippen molar-refractivity contribution in [2.75, 3.05) is 0 Å². The van der Waals surface area contributed by atoms with Gasteiger partial charge in [-0.15, -0.1) is 0 Å². The molecule has 0 spiro atoms. The van der Waals surface area contributed by atoms with Crippen molar-refractivity contribution in [2.45, 2.75) is 6.42 Å². The van der Waals surface area contributed by atoms with Gasteiger partial charge in [-0.3, -0.25) is 0 Å². The highest BCUT2D eigenvalue weighted by Gasteiger charge is 2.14. The topological polar surface area (TPSA) is 79.4 Å². The largest absolute Gasteiger partial charge is 0.508 e. The lowest BCUT2D eigenvalue weighted by atomic mass is 10.1. The Hall–Kier alpha value is -2.89. The average Bonchev–Trinajstić information content (AvgIpc) is 2.92. The number of nitrogens with zero attached hydrogens (tertiary/aromatic N) is 2. The van der Waals surface area contributed by atoms with Crippen molar-refractivity contribution in [3.05, 3.63) is 59.7 Å². The number of benzene rings is 2. The Balaban J connectivity index is 1.86. The van der Waals surface area contributed by atoms with Crippen LogP contribution in [0.5, 0.6) is 11.5 Å². The fourth-order valence-corrected chi connectivity index (χ4v) is 1.92. The first-order valence-corrected chi connectivity index (χ1v) is 6.21. The minimum Gasteiger partial charge on any atom is -0.508 e.